The Morgan fingerprint density at radius 2 is 1.77 bits per heavy atom. The summed E-state index contributed by atoms with van der Waals surface area (Å²) < 4.78 is 25.7. The van der Waals surface area contributed by atoms with Crippen molar-refractivity contribution in [1.82, 2.24) is 14.9 Å². The zero-order valence-corrected chi connectivity index (χ0v) is 14.6. The Balaban J connectivity index is 2.47. The molecular weight excluding hydrogens is 302 g/mol. The van der Waals surface area contributed by atoms with Crippen molar-refractivity contribution >= 4 is 16.1 Å². The van der Waals surface area contributed by atoms with Crippen LogP contribution in [0.1, 0.15) is 40.5 Å². The average molecular weight is 329 g/mol. The van der Waals surface area contributed by atoms with Gasteiger partial charge in [0.25, 0.3) is 0 Å². The Hall–Kier alpha value is -1.26. The predicted octanol–water partition coefficient (Wildman–Crippen LogP) is 1.15. The lowest BCUT2D eigenvalue weighted by molar-refractivity contribution is 0.223. The maximum atomic E-state index is 12.1. The highest BCUT2D eigenvalue weighted by molar-refractivity contribution is 7.89. The number of amides is 2. The van der Waals surface area contributed by atoms with Gasteiger partial charge in [0, 0.05) is 19.1 Å². The second-order valence-electron chi connectivity index (χ2n) is 6.27. The van der Waals surface area contributed by atoms with Crippen LogP contribution in [0.5, 0.6) is 0 Å². The summed E-state index contributed by atoms with van der Waals surface area (Å²) in [5.74, 6) is 2.71. The van der Waals surface area contributed by atoms with Crippen LogP contribution < -0.4 is 10.6 Å². The molecule has 2 N–H and O–H groups in total. The van der Waals surface area contributed by atoms with E-state index < -0.39 is 15.3 Å². The first-order valence-corrected chi connectivity index (χ1v) is 9.21. The molecule has 1 fully saturated rings. The fourth-order valence-corrected chi connectivity index (χ4v) is 3.64. The fraction of sp³-hybridized carbons (Fsp3) is 0.800. The molecule has 1 aliphatic heterocycles. The molecule has 6 nitrogen and oxygen atoms in total. The molecule has 0 aromatic carbocycles. The summed E-state index contributed by atoms with van der Waals surface area (Å²) in [6.45, 7) is 8.13. The maximum absolute atomic E-state index is 12.1. The monoisotopic (exact) mass is 329 g/mol. The summed E-state index contributed by atoms with van der Waals surface area (Å²) in [5.41, 5.74) is 0. The molecule has 1 atom stereocenters. The number of urea groups is 1. The van der Waals surface area contributed by atoms with Crippen LogP contribution >= 0.6 is 0 Å². The van der Waals surface area contributed by atoms with Gasteiger partial charge in [-0.15, -0.1) is 6.42 Å². The highest BCUT2D eigenvalue weighted by Gasteiger charge is 2.30. The van der Waals surface area contributed by atoms with Crippen molar-refractivity contribution in [2.45, 2.75) is 57.9 Å². The molecule has 0 aromatic heterocycles. The largest absolute Gasteiger partial charge is 0.335 e. The van der Waals surface area contributed by atoms with E-state index in [9.17, 15) is 13.2 Å². The standard InChI is InChI=1S/C15H27N3O3S/c1-6-14(11(2)3)17-15(19)16-13-7-9-18(10-8-13)22(20,21)12(4)5/h1,11-14H,7-10H2,2-5H3,(H2,16,17,19)/t14-/m1/s1. The van der Waals surface area contributed by atoms with Crippen LogP contribution in [0.15, 0.2) is 0 Å². The lowest BCUT2D eigenvalue weighted by Crippen LogP contribution is -2.52. The van der Waals surface area contributed by atoms with Crippen molar-refractivity contribution in [3.63, 3.8) is 0 Å². The van der Waals surface area contributed by atoms with Gasteiger partial charge < -0.3 is 10.6 Å². The summed E-state index contributed by atoms with van der Waals surface area (Å²) in [6.07, 6.45) is 6.61. The predicted molar refractivity (Wildman–Crippen MR) is 87.8 cm³/mol. The Morgan fingerprint density at radius 3 is 2.18 bits per heavy atom. The van der Waals surface area contributed by atoms with E-state index in [1.807, 2.05) is 13.8 Å². The van der Waals surface area contributed by atoms with Crippen LogP contribution in [0.2, 0.25) is 0 Å². The van der Waals surface area contributed by atoms with Gasteiger partial charge in [0.05, 0.1) is 11.3 Å². The summed E-state index contributed by atoms with van der Waals surface area (Å²) in [4.78, 5) is 11.9. The van der Waals surface area contributed by atoms with E-state index >= 15 is 0 Å². The van der Waals surface area contributed by atoms with E-state index in [2.05, 4.69) is 16.6 Å². The van der Waals surface area contributed by atoms with Crippen molar-refractivity contribution < 1.29 is 13.2 Å². The molecule has 0 aromatic rings. The molecule has 7 heteroatoms. The van der Waals surface area contributed by atoms with Gasteiger partial charge in [0.1, 0.15) is 0 Å². The molecule has 126 valence electrons. The van der Waals surface area contributed by atoms with Crippen molar-refractivity contribution in [2.24, 2.45) is 5.92 Å². The van der Waals surface area contributed by atoms with E-state index in [-0.39, 0.29) is 24.0 Å². The number of carbonyl (C=O) groups is 1. The Bertz CT molecular complexity index is 515. The number of terminal acetylenes is 1. The first kappa shape index (κ1) is 18.8. The number of piperidine rings is 1. The molecule has 22 heavy (non-hydrogen) atoms. The molecule has 0 bridgehead atoms. The Labute approximate surface area is 134 Å². The molecular formula is C15H27N3O3S. The minimum absolute atomic E-state index is 0.0239. The number of rotatable bonds is 5. The maximum Gasteiger partial charge on any atom is 0.315 e. The summed E-state index contributed by atoms with van der Waals surface area (Å²) in [5, 5.41) is 5.21. The first-order chi connectivity index (χ1) is 10.2. The topological polar surface area (TPSA) is 78.5 Å². The molecule has 2 amide bonds. The third kappa shape index (κ3) is 4.89. The van der Waals surface area contributed by atoms with Crippen LogP contribution in [0, 0.1) is 18.3 Å². The third-order valence-electron chi connectivity index (χ3n) is 3.88. The third-order valence-corrected chi connectivity index (χ3v) is 6.15. The van der Waals surface area contributed by atoms with Crippen LogP contribution in [-0.4, -0.2) is 49.2 Å². The minimum Gasteiger partial charge on any atom is -0.335 e. The number of nitrogens with zero attached hydrogens (tertiary/aromatic N) is 1. The van der Waals surface area contributed by atoms with Crippen LogP contribution in [0.25, 0.3) is 0 Å². The molecule has 1 rings (SSSR count). The lowest BCUT2D eigenvalue weighted by atomic mass is 10.1. The van der Waals surface area contributed by atoms with Gasteiger partial charge in [-0.2, -0.15) is 0 Å². The molecule has 1 aliphatic rings. The zero-order valence-electron chi connectivity index (χ0n) is 13.8. The van der Waals surface area contributed by atoms with E-state index in [1.54, 1.807) is 13.8 Å². The molecule has 1 heterocycles. The summed E-state index contributed by atoms with van der Waals surface area (Å²) in [7, 11) is -3.21. The molecule has 0 radical (unpaired) electrons. The second kappa shape index (κ2) is 7.84. The SMILES string of the molecule is C#C[C@@H](NC(=O)NC1CCN(S(=O)(=O)C(C)C)CC1)C(C)C. The normalized spacial score (nSPS) is 19.0. The van der Waals surface area contributed by atoms with Gasteiger partial charge in [-0.1, -0.05) is 19.8 Å². The van der Waals surface area contributed by atoms with Crippen molar-refractivity contribution in [3.05, 3.63) is 0 Å². The number of hydrogen-bond donors (Lipinski definition) is 2. The van der Waals surface area contributed by atoms with Gasteiger partial charge >= 0.3 is 6.03 Å². The smallest absolute Gasteiger partial charge is 0.315 e. The number of carbonyl (C=O) groups excluding carboxylic acids is 1. The van der Waals surface area contributed by atoms with Crippen molar-refractivity contribution in [3.8, 4) is 12.3 Å². The number of hydrogen-bond acceptors (Lipinski definition) is 3. The minimum atomic E-state index is -3.21. The highest BCUT2D eigenvalue weighted by Crippen LogP contribution is 2.17. The van der Waals surface area contributed by atoms with E-state index in [1.165, 1.54) is 4.31 Å². The van der Waals surface area contributed by atoms with Gasteiger partial charge in [-0.3, -0.25) is 0 Å². The molecule has 0 spiro atoms. The van der Waals surface area contributed by atoms with Gasteiger partial charge in [-0.05, 0) is 32.6 Å². The van der Waals surface area contributed by atoms with E-state index in [4.69, 9.17) is 6.42 Å². The fourth-order valence-electron chi connectivity index (χ4n) is 2.32. The molecule has 0 saturated carbocycles. The second-order valence-corrected chi connectivity index (χ2v) is 8.76. The quantitative estimate of drug-likeness (QED) is 0.743. The lowest BCUT2D eigenvalue weighted by Gasteiger charge is -2.33. The number of sulfonamides is 1. The van der Waals surface area contributed by atoms with E-state index in [0.29, 0.717) is 25.9 Å². The van der Waals surface area contributed by atoms with Gasteiger partial charge in [0.15, 0.2) is 0 Å². The van der Waals surface area contributed by atoms with Crippen molar-refractivity contribution in [1.29, 1.82) is 0 Å². The van der Waals surface area contributed by atoms with E-state index in [0.717, 1.165) is 0 Å². The van der Waals surface area contributed by atoms with Crippen molar-refractivity contribution in [2.75, 3.05) is 13.1 Å². The van der Waals surface area contributed by atoms with Crippen LogP contribution in [0.4, 0.5) is 4.79 Å². The number of nitrogens with one attached hydrogen (secondary N) is 2. The Morgan fingerprint density at radius 1 is 1.23 bits per heavy atom. The molecule has 1 saturated heterocycles. The summed E-state index contributed by atoms with van der Waals surface area (Å²) in [6, 6.07) is -0.618. The Kier molecular flexibility index (Phi) is 6.69. The zero-order chi connectivity index (χ0) is 16.9. The highest BCUT2D eigenvalue weighted by atomic mass is 32.2. The molecule has 0 aliphatic carbocycles. The average Bonchev–Trinajstić information content (AvgIpc) is 2.44. The van der Waals surface area contributed by atoms with Gasteiger partial charge in [0.2, 0.25) is 10.0 Å². The first-order valence-electron chi connectivity index (χ1n) is 7.70. The molecule has 0 unspecified atom stereocenters. The summed E-state index contributed by atoms with van der Waals surface area (Å²) >= 11 is 0. The van der Waals surface area contributed by atoms with Crippen LogP contribution in [0.3, 0.4) is 0 Å². The van der Waals surface area contributed by atoms with Crippen LogP contribution in [-0.2, 0) is 10.0 Å². The van der Waals surface area contributed by atoms with Gasteiger partial charge in [-0.25, -0.2) is 17.5 Å².